The minimum atomic E-state index is 0.273. The highest BCUT2D eigenvalue weighted by molar-refractivity contribution is 5.83. The van der Waals surface area contributed by atoms with E-state index in [9.17, 15) is 5.11 Å². The van der Waals surface area contributed by atoms with Crippen molar-refractivity contribution in [1.82, 2.24) is 0 Å². The van der Waals surface area contributed by atoms with Crippen molar-refractivity contribution in [3.05, 3.63) is 29.3 Å². The molecule has 0 bridgehead atoms. The maximum Gasteiger partial charge on any atom is 0.127 e. The lowest BCUT2D eigenvalue weighted by Gasteiger charge is -2.19. The van der Waals surface area contributed by atoms with Gasteiger partial charge in [0.15, 0.2) is 0 Å². The molecule has 0 aliphatic rings. The molecule has 0 saturated carbocycles. The number of rotatable bonds is 11. The Morgan fingerprint density at radius 1 is 1.00 bits per heavy atom. The Balaban J connectivity index is 2.75. The molecular formula is C19H31NO2. The van der Waals surface area contributed by atoms with Gasteiger partial charge in [0.2, 0.25) is 0 Å². The number of oxime groups is 1. The minimum absolute atomic E-state index is 0.273. The van der Waals surface area contributed by atoms with Gasteiger partial charge >= 0.3 is 0 Å². The zero-order valence-corrected chi connectivity index (χ0v) is 14.1. The third-order valence-corrected chi connectivity index (χ3v) is 4.30. The number of hydrogen-bond donors (Lipinski definition) is 2. The molecule has 0 amide bonds. The van der Waals surface area contributed by atoms with E-state index in [0.29, 0.717) is 11.5 Å². The first-order valence-electron chi connectivity index (χ1n) is 8.73. The second-order valence-corrected chi connectivity index (χ2v) is 6.07. The summed E-state index contributed by atoms with van der Waals surface area (Å²) in [4.78, 5) is 0. The zero-order valence-electron chi connectivity index (χ0n) is 14.1. The van der Waals surface area contributed by atoms with Crippen molar-refractivity contribution in [2.75, 3.05) is 0 Å². The van der Waals surface area contributed by atoms with E-state index in [-0.39, 0.29) is 5.75 Å². The van der Waals surface area contributed by atoms with Gasteiger partial charge in [-0.15, -0.1) is 0 Å². The lowest BCUT2D eigenvalue weighted by atomic mass is 9.87. The van der Waals surface area contributed by atoms with Crippen LogP contribution < -0.4 is 0 Å². The summed E-state index contributed by atoms with van der Waals surface area (Å²) in [5, 5.41) is 22.2. The van der Waals surface area contributed by atoms with Crippen LogP contribution in [0.3, 0.4) is 0 Å². The van der Waals surface area contributed by atoms with E-state index in [1.165, 1.54) is 51.2 Å². The van der Waals surface area contributed by atoms with Crippen LogP contribution in [0.5, 0.6) is 5.75 Å². The second kappa shape index (κ2) is 11.1. The lowest BCUT2D eigenvalue weighted by Crippen LogP contribution is -2.01. The van der Waals surface area contributed by atoms with Crippen LogP contribution in [0.15, 0.2) is 23.4 Å². The average molecular weight is 305 g/mol. The number of benzene rings is 1. The molecule has 0 radical (unpaired) electrons. The third-order valence-electron chi connectivity index (χ3n) is 4.30. The summed E-state index contributed by atoms with van der Waals surface area (Å²) >= 11 is 0. The smallest absolute Gasteiger partial charge is 0.127 e. The van der Waals surface area contributed by atoms with Gasteiger partial charge in [-0.05, 0) is 30.4 Å². The number of nitrogens with zero attached hydrogens (tertiary/aromatic N) is 1. The van der Waals surface area contributed by atoms with Crippen molar-refractivity contribution in [1.29, 1.82) is 0 Å². The van der Waals surface area contributed by atoms with E-state index in [1.807, 2.05) is 12.1 Å². The summed E-state index contributed by atoms with van der Waals surface area (Å²) < 4.78 is 0. The summed E-state index contributed by atoms with van der Waals surface area (Å²) in [6, 6.07) is 5.72. The minimum Gasteiger partial charge on any atom is -0.507 e. The van der Waals surface area contributed by atoms with Crippen molar-refractivity contribution in [3.8, 4) is 5.75 Å². The molecular weight excluding hydrogens is 274 g/mol. The normalized spacial score (nSPS) is 12.8. The fourth-order valence-corrected chi connectivity index (χ4v) is 2.98. The topological polar surface area (TPSA) is 52.8 Å². The number of phenolic OH excluding ortho intramolecular Hbond substituents is 1. The first-order chi connectivity index (χ1) is 10.7. The van der Waals surface area contributed by atoms with Gasteiger partial charge in [-0.25, -0.2) is 0 Å². The summed E-state index contributed by atoms with van der Waals surface area (Å²) in [6.45, 7) is 4.43. The molecule has 3 heteroatoms. The van der Waals surface area contributed by atoms with Gasteiger partial charge in [-0.3, -0.25) is 0 Å². The van der Waals surface area contributed by atoms with Crippen molar-refractivity contribution in [3.63, 3.8) is 0 Å². The number of aromatic hydroxyl groups is 1. The Morgan fingerprint density at radius 2 is 1.68 bits per heavy atom. The highest BCUT2D eigenvalue weighted by Gasteiger charge is 2.16. The average Bonchev–Trinajstić information content (AvgIpc) is 2.53. The molecule has 22 heavy (non-hydrogen) atoms. The van der Waals surface area contributed by atoms with Crippen LogP contribution in [-0.2, 0) is 0 Å². The standard InChI is InChI=1S/C19H31NO2/c1-3-5-7-8-9-12-16(11-6-4-2)18-14-10-13-17(15-20-22)19(18)21/h10,13-16,21-22H,3-9,11-12H2,1-2H3. The first kappa shape index (κ1) is 18.5. The Bertz CT molecular complexity index is 443. The predicted octanol–water partition coefficient (Wildman–Crippen LogP) is 5.83. The van der Waals surface area contributed by atoms with Crippen molar-refractivity contribution < 1.29 is 10.3 Å². The Hall–Kier alpha value is -1.51. The molecule has 0 fully saturated rings. The molecule has 0 saturated heterocycles. The van der Waals surface area contributed by atoms with Gasteiger partial charge in [0, 0.05) is 5.56 Å². The molecule has 1 rings (SSSR count). The molecule has 1 aromatic rings. The third kappa shape index (κ3) is 6.08. The SMILES string of the molecule is CCCCCCCC(CCCC)c1cccc(C=NO)c1O. The lowest BCUT2D eigenvalue weighted by molar-refractivity contribution is 0.321. The maximum atomic E-state index is 10.4. The summed E-state index contributed by atoms with van der Waals surface area (Å²) in [6.07, 6.45) is 12.3. The molecule has 0 aromatic heterocycles. The molecule has 1 aromatic carbocycles. The predicted molar refractivity (Wildman–Crippen MR) is 93.1 cm³/mol. The van der Waals surface area contributed by atoms with Gasteiger partial charge in [-0.2, -0.15) is 0 Å². The Labute approximate surface area is 135 Å². The van der Waals surface area contributed by atoms with Gasteiger partial charge in [-0.1, -0.05) is 76.1 Å². The number of unbranched alkanes of at least 4 members (excludes halogenated alkanes) is 5. The monoisotopic (exact) mass is 305 g/mol. The fourth-order valence-electron chi connectivity index (χ4n) is 2.98. The van der Waals surface area contributed by atoms with Crippen LogP contribution in [0.25, 0.3) is 0 Å². The molecule has 0 aliphatic heterocycles. The van der Waals surface area contributed by atoms with Gasteiger partial charge < -0.3 is 10.3 Å². The van der Waals surface area contributed by atoms with Crippen LogP contribution >= 0.6 is 0 Å². The largest absolute Gasteiger partial charge is 0.507 e. The molecule has 124 valence electrons. The highest BCUT2D eigenvalue weighted by atomic mass is 16.4. The van der Waals surface area contributed by atoms with Crippen LogP contribution in [-0.4, -0.2) is 16.5 Å². The summed E-state index contributed by atoms with van der Waals surface area (Å²) in [5.41, 5.74) is 1.59. The number of phenols is 1. The van der Waals surface area contributed by atoms with Crippen molar-refractivity contribution >= 4 is 6.21 Å². The van der Waals surface area contributed by atoms with E-state index in [1.54, 1.807) is 6.07 Å². The van der Waals surface area contributed by atoms with Crippen molar-refractivity contribution in [2.45, 2.75) is 77.6 Å². The molecule has 0 spiro atoms. The molecule has 0 aliphatic carbocycles. The number of hydrogen-bond acceptors (Lipinski definition) is 3. The molecule has 2 N–H and O–H groups in total. The van der Waals surface area contributed by atoms with Crippen LogP contribution in [0.4, 0.5) is 0 Å². The van der Waals surface area contributed by atoms with E-state index in [0.717, 1.165) is 18.4 Å². The highest BCUT2D eigenvalue weighted by Crippen LogP contribution is 2.35. The van der Waals surface area contributed by atoms with Gasteiger partial charge in [0.05, 0.1) is 6.21 Å². The van der Waals surface area contributed by atoms with E-state index < -0.39 is 0 Å². The maximum absolute atomic E-state index is 10.4. The Morgan fingerprint density at radius 3 is 2.36 bits per heavy atom. The molecule has 1 unspecified atom stereocenters. The zero-order chi connectivity index (χ0) is 16.2. The summed E-state index contributed by atoms with van der Waals surface area (Å²) in [7, 11) is 0. The van der Waals surface area contributed by atoms with Gasteiger partial charge in [0.1, 0.15) is 5.75 Å². The van der Waals surface area contributed by atoms with E-state index in [2.05, 4.69) is 19.0 Å². The van der Waals surface area contributed by atoms with E-state index >= 15 is 0 Å². The molecule has 1 atom stereocenters. The van der Waals surface area contributed by atoms with Crippen LogP contribution in [0, 0.1) is 0 Å². The first-order valence-corrected chi connectivity index (χ1v) is 8.73. The number of para-hydroxylation sites is 1. The van der Waals surface area contributed by atoms with E-state index in [4.69, 9.17) is 5.21 Å². The van der Waals surface area contributed by atoms with Gasteiger partial charge in [0.25, 0.3) is 0 Å². The quantitative estimate of drug-likeness (QED) is 0.234. The molecule has 3 nitrogen and oxygen atoms in total. The fraction of sp³-hybridized carbons (Fsp3) is 0.632. The van der Waals surface area contributed by atoms with Crippen molar-refractivity contribution in [2.24, 2.45) is 5.16 Å². The Kier molecular flexibility index (Phi) is 9.36. The van der Waals surface area contributed by atoms with Crippen LogP contribution in [0.1, 0.15) is 88.7 Å². The second-order valence-electron chi connectivity index (χ2n) is 6.07. The van der Waals surface area contributed by atoms with Crippen LogP contribution in [0.2, 0.25) is 0 Å². The summed E-state index contributed by atoms with van der Waals surface area (Å²) in [5.74, 6) is 0.670. The molecule has 0 heterocycles.